The fourth-order valence-electron chi connectivity index (χ4n) is 4.62. The number of amides is 1. The maximum absolute atomic E-state index is 13.2. The van der Waals surface area contributed by atoms with Gasteiger partial charge in [-0.1, -0.05) is 35.0 Å². The first kappa shape index (κ1) is 22.8. The molecule has 1 amide bonds. The molecule has 0 aliphatic carbocycles. The maximum atomic E-state index is 13.2. The Bertz CT molecular complexity index is 1510. The number of piperidine rings is 1. The van der Waals surface area contributed by atoms with Crippen LogP contribution in [0.15, 0.2) is 71.3 Å². The van der Waals surface area contributed by atoms with Crippen molar-refractivity contribution < 1.29 is 9.32 Å². The van der Waals surface area contributed by atoms with E-state index in [1.807, 2.05) is 54.6 Å². The Balaban J connectivity index is 1.22. The van der Waals surface area contributed by atoms with Gasteiger partial charge in [-0.2, -0.15) is 5.10 Å². The van der Waals surface area contributed by atoms with Gasteiger partial charge in [0, 0.05) is 35.9 Å². The van der Waals surface area contributed by atoms with Crippen LogP contribution in [0.25, 0.3) is 21.5 Å². The molecule has 2 aromatic carbocycles. The number of hydrogen-bond acceptors (Lipinski definition) is 6. The minimum atomic E-state index is -0.246. The van der Waals surface area contributed by atoms with Gasteiger partial charge in [-0.05, 0) is 61.7 Å². The second-order valence-electron chi connectivity index (χ2n) is 8.86. The molecule has 0 atom stereocenters. The molecule has 1 aliphatic heterocycles. The largest absolute Gasteiger partial charge is 0.372 e. The Kier molecular flexibility index (Phi) is 6.21. The number of hydrogen-bond donors (Lipinski definition) is 1. The average Bonchev–Trinajstić information content (AvgIpc) is 3.64. The van der Waals surface area contributed by atoms with Crippen LogP contribution in [-0.2, 0) is 6.54 Å². The number of fused-ring (bicyclic) bond motifs is 1. The number of halogens is 1. The number of carbonyl (C=O) groups excluding carboxylic acids is 1. The molecular formula is C27H24ClN5O2S. The zero-order valence-electron chi connectivity index (χ0n) is 19.5. The lowest BCUT2D eigenvalue weighted by Gasteiger charge is -2.28. The molecule has 0 radical (unpaired) electrons. The standard InChI is InChI=1S/C27H24ClN5O2S/c28-25-13-12-24(36-25)23-16-19(31-35-23)17-33-22-7-3-2-6-21(22)26(30-33)27(34)29-18-8-10-20(11-9-18)32-14-4-1-5-15-32/h2-3,6-13,16H,1,4-5,14-15,17H2,(H,29,34). The van der Waals surface area contributed by atoms with Crippen LogP contribution < -0.4 is 10.2 Å². The van der Waals surface area contributed by atoms with Crippen molar-refractivity contribution >= 4 is 51.1 Å². The summed E-state index contributed by atoms with van der Waals surface area (Å²) in [6, 6.07) is 21.4. The fraction of sp³-hybridized carbons (Fsp3) is 0.222. The highest BCUT2D eigenvalue weighted by atomic mass is 35.5. The SMILES string of the molecule is O=C(Nc1ccc(N2CCCCC2)cc1)c1nn(Cc2cc(-c3ccc(Cl)s3)on2)c2ccccc12. The summed E-state index contributed by atoms with van der Waals surface area (Å²) in [5.74, 6) is 0.411. The van der Waals surface area contributed by atoms with Crippen LogP contribution in [0.1, 0.15) is 35.4 Å². The van der Waals surface area contributed by atoms with Gasteiger partial charge in [-0.3, -0.25) is 9.48 Å². The third-order valence-electron chi connectivity index (χ3n) is 6.41. The van der Waals surface area contributed by atoms with Gasteiger partial charge in [0.1, 0.15) is 5.69 Å². The van der Waals surface area contributed by atoms with Crippen molar-refractivity contribution in [3.8, 4) is 10.6 Å². The van der Waals surface area contributed by atoms with Gasteiger partial charge in [-0.25, -0.2) is 0 Å². The van der Waals surface area contributed by atoms with Gasteiger partial charge in [0.05, 0.1) is 21.3 Å². The van der Waals surface area contributed by atoms with Crippen LogP contribution in [0.4, 0.5) is 11.4 Å². The van der Waals surface area contributed by atoms with E-state index in [1.165, 1.54) is 36.3 Å². The van der Waals surface area contributed by atoms with Crippen molar-refractivity contribution in [1.82, 2.24) is 14.9 Å². The number of para-hydroxylation sites is 1. The van der Waals surface area contributed by atoms with Crippen molar-refractivity contribution in [3.63, 3.8) is 0 Å². The molecule has 0 saturated carbocycles. The highest BCUT2D eigenvalue weighted by Crippen LogP contribution is 2.31. The normalized spacial score (nSPS) is 13.9. The fourth-order valence-corrected chi connectivity index (χ4v) is 5.61. The predicted molar refractivity (Wildman–Crippen MR) is 144 cm³/mol. The Morgan fingerprint density at radius 2 is 1.83 bits per heavy atom. The number of nitrogens with one attached hydrogen (secondary N) is 1. The van der Waals surface area contributed by atoms with Gasteiger partial charge < -0.3 is 14.7 Å². The Morgan fingerprint density at radius 1 is 1.03 bits per heavy atom. The van der Waals surface area contributed by atoms with Crippen LogP contribution in [0.3, 0.4) is 0 Å². The summed E-state index contributed by atoms with van der Waals surface area (Å²) in [7, 11) is 0. The number of carbonyl (C=O) groups is 1. The zero-order chi connectivity index (χ0) is 24.5. The maximum Gasteiger partial charge on any atom is 0.276 e. The summed E-state index contributed by atoms with van der Waals surface area (Å²) in [6.07, 6.45) is 3.76. The predicted octanol–water partition coefficient (Wildman–Crippen LogP) is 6.70. The molecule has 1 aliphatic rings. The molecule has 0 spiro atoms. The molecule has 5 aromatic rings. The minimum Gasteiger partial charge on any atom is -0.372 e. The van der Waals surface area contributed by atoms with Crippen LogP contribution in [0.5, 0.6) is 0 Å². The topological polar surface area (TPSA) is 76.2 Å². The van der Waals surface area contributed by atoms with Crippen molar-refractivity contribution in [2.24, 2.45) is 0 Å². The third-order valence-corrected chi connectivity index (χ3v) is 7.65. The van der Waals surface area contributed by atoms with Crippen LogP contribution in [0, 0.1) is 0 Å². The van der Waals surface area contributed by atoms with Crippen LogP contribution in [-0.4, -0.2) is 33.9 Å². The molecule has 0 unspecified atom stereocenters. The molecule has 3 aromatic heterocycles. The summed E-state index contributed by atoms with van der Waals surface area (Å²) < 4.78 is 7.99. The molecule has 9 heteroatoms. The lowest BCUT2D eigenvalue weighted by molar-refractivity contribution is 0.102. The number of aromatic nitrogens is 3. The number of benzene rings is 2. The molecule has 4 heterocycles. The average molecular weight is 518 g/mol. The summed E-state index contributed by atoms with van der Waals surface area (Å²) in [5, 5.41) is 12.6. The van der Waals surface area contributed by atoms with E-state index >= 15 is 0 Å². The Labute approximate surface area is 217 Å². The van der Waals surface area contributed by atoms with E-state index in [-0.39, 0.29) is 5.91 Å². The van der Waals surface area contributed by atoms with Gasteiger partial charge in [0.25, 0.3) is 5.91 Å². The van der Waals surface area contributed by atoms with Crippen molar-refractivity contribution in [1.29, 1.82) is 0 Å². The first-order chi connectivity index (χ1) is 17.6. The molecule has 0 bridgehead atoms. The first-order valence-corrected chi connectivity index (χ1v) is 13.2. The highest BCUT2D eigenvalue weighted by molar-refractivity contribution is 7.19. The number of thiophene rings is 1. The number of anilines is 2. The zero-order valence-corrected chi connectivity index (χ0v) is 21.1. The molecular weight excluding hydrogens is 494 g/mol. The van der Waals surface area contributed by atoms with Gasteiger partial charge in [0.2, 0.25) is 0 Å². The Morgan fingerprint density at radius 3 is 2.61 bits per heavy atom. The van der Waals surface area contributed by atoms with E-state index in [9.17, 15) is 4.79 Å². The quantitative estimate of drug-likeness (QED) is 0.271. The van der Waals surface area contributed by atoms with Gasteiger partial charge >= 0.3 is 0 Å². The molecule has 1 N–H and O–H groups in total. The lowest BCUT2D eigenvalue weighted by atomic mass is 10.1. The van der Waals surface area contributed by atoms with Crippen LogP contribution in [0.2, 0.25) is 4.34 Å². The van der Waals surface area contributed by atoms with Crippen molar-refractivity contribution in [2.45, 2.75) is 25.8 Å². The molecule has 1 saturated heterocycles. The van der Waals surface area contributed by atoms with E-state index < -0.39 is 0 Å². The smallest absolute Gasteiger partial charge is 0.276 e. The monoisotopic (exact) mass is 517 g/mol. The van der Waals surface area contributed by atoms with E-state index in [0.717, 1.165) is 34.6 Å². The molecule has 7 nitrogen and oxygen atoms in total. The molecule has 6 rings (SSSR count). The number of nitrogens with zero attached hydrogens (tertiary/aromatic N) is 4. The van der Waals surface area contributed by atoms with E-state index in [2.05, 4.69) is 32.6 Å². The lowest BCUT2D eigenvalue weighted by Crippen LogP contribution is -2.29. The van der Waals surface area contributed by atoms with Crippen LogP contribution >= 0.6 is 22.9 Å². The second-order valence-corrected chi connectivity index (χ2v) is 10.6. The third kappa shape index (κ3) is 4.62. The summed E-state index contributed by atoms with van der Waals surface area (Å²) >= 11 is 7.48. The van der Waals surface area contributed by atoms with E-state index in [1.54, 1.807) is 4.68 Å². The summed E-state index contributed by atoms with van der Waals surface area (Å²) in [4.78, 5) is 16.5. The van der Waals surface area contributed by atoms with Crippen molar-refractivity contribution in [2.75, 3.05) is 23.3 Å². The molecule has 182 valence electrons. The molecule has 1 fully saturated rings. The minimum absolute atomic E-state index is 0.246. The van der Waals surface area contributed by atoms with Gasteiger partial charge in [-0.15, -0.1) is 11.3 Å². The van der Waals surface area contributed by atoms with Gasteiger partial charge in [0.15, 0.2) is 11.5 Å². The highest BCUT2D eigenvalue weighted by Gasteiger charge is 2.19. The first-order valence-electron chi connectivity index (χ1n) is 12.0. The Hall–Kier alpha value is -3.62. The molecule has 36 heavy (non-hydrogen) atoms. The van der Waals surface area contributed by atoms with Crippen molar-refractivity contribution in [3.05, 3.63) is 82.5 Å². The summed E-state index contributed by atoms with van der Waals surface area (Å²) in [5.41, 5.74) is 3.88. The van der Waals surface area contributed by atoms with E-state index in [0.29, 0.717) is 28.0 Å². The second kappa shape index (κ2) is 9.79. The summed E-state index contributed by atoms with van der Waals surface area (Å²) in [6.45, 7) is 2.55. The number of rotatable bonds is 6. The van der Waals surface area contributed by atoms with E-state index in [4.69, 9.17) is 16.1 Å².